The molecule has 11 nitrogen and oxygen atoms in total. The third kappa shape index (κ3) is 4.31. The van der Waals surface area contributed by atoms with E-state index < -0.39 is 20.7 Å². The maximum atomic E-state index is 14.2. The first-order chi connectivity index (χ1) is 17.8. The van der Waals surface area contributed by atoms with E-state index in [1.807, 2.05) is 27.7 Å². The summed E-state index contributed by atoms with van der Waals surface area (Å²) in [4.78, 5) is 65.6. The molecule has 0 unspecified atom stereocenters. The highest BCUT2D eigenvalue weighted by atomic mass is 16.6. The number of likely N-dealkylation sites (tertiary alicyclic amines) is 2. The van der Waals surface area contributed by atoms with Gasteiger partial charge in [-0.3, -0.25) is 34.6 Å². The van der Waals surface area contributed by atoms with E-state index in [-0.39, 0.29) is 67.0 Å². The van der Waals surface area contributed by atoms with Crippen LogP contribution in [0.1, 0.15) is 48.4 Å². The van der Waals surface area contributed by atoms with Gasteiger partial charge in [0.25, 0.3) is 23.2 Å². The van der Waals surface area contributed by atoms with Crippen molar-refractivity contribution >= 4 is 29.0 Å². The zero-order chi connectivity index (χ0) is 28.0. The molecule has 4 rings (SSSR count). The molecule has 38 heavy (non-hydrogen) atoms. The Bertz CT molecular complexity index is 1190. The van der Waals surface area contributed by atoms with Gasteiger partial charge in [-0.15, -0.1) is 0 Å². The number of amides is 2. The number of nitro benzene ring substituents is 2. The molecule has 2 bridgehead atoms. The van der Waals surface area contributed by atoms with E-state index in [0.717, 1.165) is 0 Å². The van der Waals surface area contributed by atoms with E-state index in [1.54, 1.807) is 9.80 Å². The first kappa shape index (κ1) is 26.9. The summed E-state index contributed by atoms with van der Waals surface area (Å²) in [5.41, 5.74) is -1.70. The van der Waals surface area contributed by atoms with Crippen LogP contribution in [-0.2, 0) is 4.79 Å². The average Bonchev–Trinajstić information content (AvgIpc) is 2.87. The van der Waals surface area contributed by atoms with Gasteiger partial charge in [-0.2, -0.15) is 0 Å². The second-order valence-electron chi connectivity index (χ2n) is 10.9. The van der Waals surface area contributed by atoms with Crippen LogP contribution >= 0.6 is 0 Å². The van der Waals surface area contributed by atoms with Crippen molar-refractivity contribution in [1.82, 2.24) is 9.80 Å². The zero-order valence-corrected chi connectivity index (χ0v) is 21.7. The number of piperidine rings is 2. The summed E-state index contributed by atoms with van der Waals surface area (Å²) in [5, 5.41) is 22.1. The van der Waals surface area contributed by atoms with Gasteiger partial charge in [0.2, 0.25) is 0 Å². The van der Waals surface area contributed by atoms with Crippen LogP contribution in [0.2, 0.25) is 0 Å². The lowest BCUT2D eigenvalue weighted by Crippen LogP contribution is -2.73. The van der Waals surface area contributed by atoms with Crippen LogP contribution in [-0.4, -0.2) is 63.4 Å². The van der Waals surface area contributed by atoms with Gasteiger partial charge < -0.3 is 9.80 Å². The minimum absolute atomic E-state index is 0.0375. The van der Waals surface area contributed by atoms with Gasteiger partial charge in [0.1, 0.15) is 0 Å². The molecule has 2 aliphatic heterocycles. The van der Waals surface area contributed by atoms with Crippen molar-refractivity contribution in [1.29, 1.82) is 0 Å². The molecular formula is C27H30N4O7. The van der Waals surface area contributed by atoms with Crippen LogP contribution in [0.15, 0.2) is 48.5 Å². The van der Waals surface area contributed by atoms with Crippen molar-refractivity contribution in [3.63, 3.8) is 0 Å². The molecule has 0 spiro atoms. The number of carbonyl (C=O) groups excluding carboxylic acids is 3. The van der Waals surface area contributed by atoms with Crippen molar-refractivity contribution in [3.8, 4) is 0 Å². The number of non-ortho nitro benzene ring substituents is 2. The van der Waals surface area contributed by atoms with E-state index in [0.29, 0.717) is 11.1 Å². The van der Waals surface area contributed by atoms with E-state index in [9.17, 15) is 34.6 Å². The van der Waals surface area contributed by atoms with Crippen LogP contribution in [0.5, 0.6) is 0 Å². The summed E-state index contributed by atoms with van der Waals surface area (Å²) in [6, 6.07) is 10.8. The summed E-state index contributed by atoms with van der Waals surface area (Å²) >= 11 is 0. The summed E-state index contributed by atoms with van der Waals surface area (Å²) in [7, 11) is 0. The number of carbonyl (C=O) groups is 3. The minimum Gasteiger partial charge on any atom is -0.336 e. The fraction of sp³-hybridized carbons (Fsp3) is 0.444. The van der Waals surface area contributed by atoms with E-state index >= 15 is 0 Å². The Morgan fingerprint density at radius 2 is 0.974 bits per heavy atom. The predicted molar refractivity (Wildman–Crippen MR) is 138 cm³/mol. The molecule has 200 valence electrons. The molecular weight excluding hydrogens is 492 g/mol. The molecule has 2 heterocycles. The minimum atomic E-state index is -1.02. The highest BCUT2D eigenvalue weighted by molar-refractivity contribution is 6.01. The Morgan fingerprint density at radius 1 is 0.684 bits per heavy atom. The Balaban J connectivity index is 1.71. The lowest BCUT2D eigenvalue weighted by atomic mass is 9.55. The molecule has 0 atom stereocenters. The summed E-state index contributed by atoms with van der Waals surface area (Å²) in [6.45, 7) is 8.06. The van der Waals surface area contributed by atoms with Gasteiger partial charge in [-0.1, -0.05) is 27.7 Å². The molecule has 0 aromatic heterocycles. The Morgan fingerprint density at radius 3 is 1.21 bits per heavy atom. The van der Waals surface area contributed by atoms with Gasteiger partial charge in [-0.05, 0) is 36.1 Å². The van der Waals surface area contributed by atoms with Crippen LogP contribution in [0, 0.1) is 42.9 Å². The Hall–Kier alpha value is -4.15. The van der Waals surface area contributed by atoms with E-state index in [4.69, 9.17) is 0 Å². The Kier molecular flexibility index (Phi) is 6.81. The number of nitro groups is 2. The van der Waals surface area contributed by atoms with Crippen LogP contribution in [0.25, 0.3) is 0 Å². The maximum Gasteiger partial charge on any atom is 0.269 e. The number of rotatable bonds is 6. The van der Waals surface area contributed by atoms with Crippen molar-refractivity contribution in [2.75, 3.05) is 26.2 Å². The normalized spacial score (nSPS) is 23.1. The quantitative estimate of drug-likeness (QED) is 0.412. The SMILES string of the molecule is CC(C)C12CN(C(=O)c3ccc([N+](=O)[O-])cc3)CC(C(C)C)(CN(C(=O)c3ccc([N+](=O)[O-])cc3)C1)C2=O. The fourth-order valence-corrected chi connectivity index (χ4v) is 5.72. The molecule has 0 aliphatic carbocycles. The number of hydrogen-bond donors (Lipinski definition) is 0. The number of Topliss-reactive ketones (excluding diaryl/α,β-unsaturated/α-hetero) is 1. The van der Waals surface area contributed by atoms with Gasteiger partial charge >= 0.3 is 0 Å². The van der Waals surface area contributed by atoms with Gasteiger partial charge in [-0.25, -0.2) is 0 Å². The molecule has 2 fully saturated rings. The molecule has 2 amide bonds. The topological polar surface area (TPSA) is 144 Å². The molecule has 2 aliphatic rings. The van der Waals surface area contributed by atoms with Crippen LogP contribution in [0.3, 0.4) is 0 Å². The van der Waals surface area contributed by atoms with Crippen molar-refractivity contribution in [2.24, 2.45) is 22.7 Å². The fourth-order valence-electron chi connectivity index (χ4n) is 5.72. The number of benzene rings is 2. The highest BCUT2D eigenvalue weighted by Crippen LogP contribution is 2.50. The second kappa shape index (κ2) is 9.62. The first-order valence-corrected chi connectivity index (χ1v) is 12.4. The lowest BCUT2D eigenvalue weighted by Gasteiger charge is -2.60. The maximum absolute atomic E-state index is 14.2. The number of fused-ring (bicyclic) bond motifs is 2. The standard InChI is InChI=1S/C27H30N4O7/c1-17(2)26-13-28(23(32)19-5-9-21(10-6-19)30(35)36)15-27(18(3)4,25(26)34)16-29(14-26)24(33)20-7-11-22(12-8-20)31(37)38/h5-12,17-18H,13-16H2,1-4H3. The molecule has 2 saturated heterocycles. The number of hydrogen-bond acceptors (Lipinski definition) is 7. The van der Waals surface area contributed by atoms with Gasteiger partial charge in [0.05, 0.1) is 20.7 Å². The lowest BCUT2D eigenvalue weighted by molar-refractivity contribution is -0.385. The number of ketones is 1. The first-order valence-electron chi connectivity index (χ1n) is 12.4. The third-order valence-electron chi connectivity index (χ3n) is 8.23. The molecule has 2 aromatic carbocycles. The van der Waals surface area contributed by atoms with Gasteiger partial charge in [0, 0.05) is 61.6 Å². The summed E-state index contributed by atoms with van der Waals surface area (Å²) in [5.74, 6) is -1.01. The highest BCUT2D eigenvalue weighted by Gasteiger charge is 2.63. The smallest absolute Gasteiger partial charge is 0.269 e. The molecule has 0 N–H and O–H groups in total. The van der Waals surface area contributed by atoms with Crippen molar-refractivity contribution in [2.45, 2.75) is 27.7 Å². The van der Waals surface area contributed by atoms with Crippen LogP contribution < -0.4 is 0 Å². The zero-order valence-electron chi connectivity index (χ0n) is 21.7. The predicted octanol–water partition coefficient (Wildman–Crippen LogP) is 3.97. The monoisotopic (exact) mass is 522 g/mol. The van der Waals surface area contributed by atoms with Crippen molar-refractivity contribution < 1.29 is 24.2 Å². The molecule has 0 radical (unpaired) electrons. The van der Waals surface area contributed by atoms with E-state index in [2.05, 4.69) is 0 Å². The molecule has 2 aromatic rings. The average molecular weight is 523 g/mol. The third-order valence-corrected chi connectivity index (χ3v) is 8.23. The molecule has 11 heteroatoms. The van der Waals surface area contributed by atoms with Crippen molar-refractivity contribution in [3.05, 3.63) is 79.9 Å². The summed E-state index contributed by atoms with van der Waals surface area (Å²) in [6.07, 6.45) is 0. The van der Waals surface area contributed by atoms with Gasteiger partial charge in [0.15, 0.2) is 5.78 Å². The van der Waals surface area contributed by atoms with Crippen LogP contribution in [0.4, 0.5) is 11.4 Å². The molecule has 0 saturated carbocycles. The number of nitrogens with zero attached hydrogens (tertiary/aromatic N) is 4. The largest absolute Gasteiger partial charge is 0.336 e. The summed E-state index contributed by atoms with van der Waals surface area (Å²) < 4.78 is 0. The Labute approximate surface area is 219 Å². The second-order valence-corrected chi connectivity index (χ2v) is 10.9. The van der Waals surface area contributed by atoms with E-state index in [1.165, 1.54) is 48.5 Å².